The predicted molar refractivity (Wildman–Crippen MR) is 128 cm³/mol. The molecule has 0 saturated heterocycles. The molecule has 0 bridgehead atoms. The van der Waals surface area contributed by atoms with Crippen LogP contribution in [-0.2, 0) is 14.8 Å². The van der Waals surface area contributed by atoms with Crippen molar-refractivity contribution in [1.82, 2.24) is 14.5 Å². The van der Waals surface area contributed by atoms with Crippen LogP contribution in [0.3, 0.4) is 0 Å². The zero-order chi connectivity index (χ0) is 24.1. The summed E-state index contributed by atoms with van der Waals surface area (Å²) in [6.07, 6.45) is 3.80. The van der Waals surface area contributed by atoms with Gasteiger partial charge in [-0.05, 0) is 58.6 Å². The van der Waals surface area contributed by atoms with Crippen LogP contribution in [0.25, 0.3) is 0 Å². The largest absolute Gasteiger partial charge is 0.492 e. The lowest BCUT2D eigenvalue weighted by molar-refractivity contribution is 0.0484. The van der Waals surface area contributed by atoms with Gasteiger partial charge in [-0.1, -0.05) is 18.2 Å². The number of likely N-dealkylation sites (N-methyl/N-ethyl adjacent to an activating group) is 1. The third-order valence-corrected chi connectivity index (χ3v) is 7.79. The molecule has 0 spiro atoms. The number of benzene rings is 1. The van der Waals surface area contributed by atoms with Crippen molar-refractivity contribution in [3.8, 4) is 5.75 Å². The van der Waals surface area contributed by atoms with Gasteiger partial charge in [-0.3, -0.25) is 4.99 Å². The molecule has 1 unspecified atom stereocenters. The number of nitrogens with one attached hydrogen (secondary N) is 1. The summed E-state index contributed by atoms with van der Waals surface area (Å²) >= 11 is 0. The van der Waals surface area contributed by atoms with E-state index in [4.69, 9.17) is 9.47 Å². The van der Waals surface area contributed by atoms with Gasteiger partial charge < -0.3 is 19.7 Å². The van der Waals surface area contributed by atoms with E-state index in [1.807, 2.05) is 58.2 Å². The standard InChI is InChI=1S/C23H36N4O5S/c1-23(2,3)32-22(28)25-18-10-12-19(13-11-18)27(14-15-31-20-8-6-5-7-9-20)33(29,30)21-16-26(4)17-24-21/h5-9,17-19,21H,10-16H2,1-4H3,(H,25,28). The maximum absolute atomic E-state index is 13.5. The van der Waals surface area contributed by atoms with Gasteiger partial charge in [-0.2, -0.15) is 4.31 Å². The van der Waals surface area contributed by atoms with Gasteiger partial charge in [-0.15, -0.1) is 0 Å². The van der Waals surface area contributed by atoms with Crippen LogP contribution in [0.2, 0.25) is 0 Å². The number of carbonyl (C=O) groups is 1. The molecule has 9 nitrogen and oxygen atoms in total. The van der Waals surface area contributed by atoms with Gasteiger partial charge in [0.2, 0.25) is 10.0 Å². The van der Waals surface area contributed by atoms with E-state index >= 15 is 0 Å². The molecule has 1 aliphatic carbocycles. The summed E-state index contributed by atoms with van der Waals surface area (Å²) in [5, 5.41) is 2.11. The van der Waals surface area contributed by atoms with Gasteiger partial charge in [0.05, 0.1) is 12.9 Å². The number of rotatable bonds is 8. The average molecular weight is 481 g/mol. The zero-order valence-electron chi connectivity index (χ0n) is 19.9. The van der Waals surface area contributed by atoms with Crippen molar-refractivity contribution in [2.45, 2.75) is 69.5 Å². The smallest absolute Gasteiger partial charge is 0.407 e. The Labute approximate surface area is 197 Å². The lowest BCUT2D eigenvalue weighted by Gasteiger charge is -2.37. The van der Waals surface area contributed by atoms with E-state index in [1.54, 1.807) is 15.5 Å². The van der Waals surface area contributed by atoms with E-state index in [1.165, 1.54) is 0 Å². The number of hydrogen-bond donors (Lipinski definition) is 1. The highest BCUT2D eigenvalue weighted by Gasteiger charge is 2.40. The fraction of sp³-hybridized carbons (Fsp3) is 0.652. The van der Waals surface area contributed by atoms with Gasteiger partial charge in [0.15, 0.2) is 5.37 Å². The molecule has 1 aromatic carbocycles. The molecule has 1 atom stereocenters. The third kappa shape index (κ3) is 7.33. The number of amides is 1. The zero-order valence-corrected chi connectivity index (χ0v) is 20.8. The van der Waals surface area contributed by atoms with Gasteiger partial charge in [-0.25, -0.2) is 13.2 Å². The van der Waals surface area contributed by atoms with E-state index in [-0.39, 0.29) is 25.2 Å². The van der Waals surface area contributed by atoms with Crippen LogP contribution in [0.15, 0.2) is 35.3 Å². The molecular weight excluding hydrogens is 444 g/mol. The van der Waals surface area contributed by atoms with Crippen LogP contribution < -0.4 is 10.1 Å². The number of aliphatic imine (C=N–C) groups is 1. The fourth-order valence-electron chi connectivity index (χ4n) is 4.13. The van der Waals surface area contributed by atoms with Crippen molar-refractivity contribution in [3.63, 3.8) is 0 Å². The van der Waals surface area contributed by atoms with Gasteiger partial charge in [0.25, 0.3) is 0 Å². The molecule has 1 aromatic rings. The minimum atomic E-state index is -3.65. The van der Waals surface area contributed by atoms with E-state index < -0.39 is 27.1 Å². The summed E-state index contributed by atoms with van der Waals surface area (Å²) in [6.45, 7) is 6.33. The minimum absolute atomic E-state index is 0.0307. The molecule has 0 radical (unpaired) electrons. The lowest BCUT2D eigenvalue weighted by atomic mass is 9.91. The first-order valence-corrected chi connectivity index (χ1v) is 13.0. The van der Waals surface area contributed by atoms with Crippen LogP contribution in [0.5, 0.6) is 5.75 Å². The second-order valence-corrected chi connectivity index (χ2v) is 11.7. The second kappa shape index (κ2) is 10.7. The first-order chi connectivity index (χ1) is 15.5. The molecular formula is C23H36N4O5S. The highest BCUT2D eigenvalue weighted by molar-refractivity contribution is 7.89. The van der Waals surface area contributed by atoms with Crippen LogP contribution in [0.4, 0.5) is 4.79 Å². The van der Waals surface area contributed by atoms with E-state index in [2.05, 4.69) is 10.3 Å². The lowest BCUT2D eigenvalue weighted by Crippen LogP contribution is -2.50. The summed E-state index contributed by atoms with van der Waals surface area (Å²) in [4.78, 5) is 18.1. The molecule has 33 heavy (non-hydrogen) atoms. The summed E-state index contributed by atoms with van der Waals surface area (Å²) in [5.74, 6) is 0.707. The van der Waals surface area contributed by atoms with Crippen molar-refractivity contribution >= 4 is 22.5 Å². The Hall–Kier alpha value is -2.33. The number of nitrogens with zero attached hydrogens (tertiary/aromatic N) is 3. The molecule has 1 heterocycles. The quantitative estimate of drug-likeness (QED) is 0.614. The number of ether oxygens (including phenoxy) is 2. The van der Waals surface area contributed by atoms with Crippen molar-refractivity contribution in [2.24, 2.45) is 4.99 Å². The van der Waals surface area contributed by atoms with E-state index in [0.29, 0.717) is 38.0 Å². The maximum atomic E-state index is 13.5. The monoisotopic (exact) mass is 480 g/mol. The first-order valence-electron chi connectivity index (χ1n) is 11.5. The first kappa shape index (κ1) is 25.3. The van der Waals surface area contributed by atoms with Crippen molar-refractivity contribution in [1.29, 1.82) is 0 Å². The SMILES string of the molecule is CN1C=NC(S(=O)(=O)N(CCOc2ccccc2)C2CCC(NC(=O)OC(C)(C)C)CC2)C1. The fourth-order valence-corrected chi connectivity index (χ4v) is 6.03. The molecule has 2 aliphatic rings. The number of hydrogen-bond acceptors (Lipinski definition) is 7. The number of alkyl carbamates (subject to hydrolysis) is 1. The molecule has 3 rings (SSSR count). The van der Waals surface area contributed by atoms with Gasteiger partial charge >= 0.3 is 6.09 Å². The Morgan fingerprint density at radius 2 is 1.85 bits per heavy atom. The number of carbonyl (C=O) groups excluding carboxylic acids is 1. The summed E-state index contributed by atoms with van der Waals surface area (Å²) in [6, 6.07) is 9.18. The van der Waals surface area contributed by atoms with Crippen LogP contribution in [-0.4, -0.2) is 79.9 Å². The minimum Gasteiger partial charge on any atom is -0.492 e. The molecule has 1 amide bonds. The molecule has 1 aliphatic heterocycles. The normalized spacial score (nSPS) is 23.5. The van der Waals surface area contributed by atoms with Crippen LogP contribution in [0.1, 0.15) is 46.5 Å². The molecule has 1 fully saturated rings. The Morgan fingerprint density at radius 1 is 1.18 bits per heavy atom. The van der Waals surface area contributed by atoms with E-state index in [9.17, 15) is 13.2 Å². The Kier molecular flexibility index (Phi) is 8.23. The second-order valence-electron chi connectivity index (χ2n) is 9.63. The van der Waals surface area contributed by atoms with Crippen LogP contribution in [0, 0.1) is 0 Å². The number of para-hydroxylation sites is 1. The summed E-state index contributed by atoms with van der Waals surface area (Å²) < 4.78 is 39.7. The Morgan fingerprint density at radius 3 is 2.42 bits per heavy atom. The van der Waals surface area contributed by atoms with Crippen LogP contribution >= 0.6 is 0 Å². The predicted octanol–water partition coefficient (Wildman–Crippen LogP) is 2.83. The third-order valence-electron chi connectivity index (χ3n) is 5.69. The van der Waals surface area contributed by atoms with Gasteiger partial charge in [0.1, 0.15) is 18.0 Å². The van der Waals surface area contributed by atoms with E-state index in [0.717, 1.165) is 0 Å². The molecule has 10 heteroatoms. The Bertz CT molecular complexity index is 909. The van der Waals surface area contributed by atoms with Crippen molar-refractivity contribution in [3.05, 3.63) is 30.3 Å². The van der Waals surface area contributed by atoms with Crippen molar-refractivity contribution < 1.29 is 22.7 Å². The summed E-state index contributed by atoms with van der Waals surface area (Å²) in [7, 11) is -1.84. The molecule has 184 valence electrons. The number of sulfonamides is 1. The highest BCUT2D eigenvalue weighted by atomic mass is 32.2. The molecule has 1 N–H and O–H groups in total. The average Bonchev–Trinajstić information content (AvgIpc) is 3.18. The Balaban J connectivity index is 1.63. The maximum Gasteiger partial charge on any atom is 0.407 e. The topological polar surface area (TPSA) is 101 Å². The van der Waals surface area contributed by atoms with Gasteiger partial charge in [0, 0.05) is 25.7 Å². The molecule has 0 aromatic heterocycles. The molecule has 1 saturated carbocycles. The highest BCUT2D eigenvalue weighted by Crippen LogP contribution is 2.28. The summed E-state index contributed by atoms with van der Waals surface area (Å²) in [5.41, 5.74) is -0.556. The van der Waals surface area contributed by atoms with Crippen molar-refractivity contribution in [2.75, 3.05) is 26.7 Å².